The van der Waals surface area contributed by atoms with E-state index in [1.807, 2.05) is 13.0 Å². The van der Waals surface area contributed by atoms with Gasteiger partial charge in [-0.1, -0.05) is 31.5 Å². The molecule has 0 aliphatic rings. The summed E-state index contributed by atoms with van der Waals surface area (Å²) < 4.78 is 5.25. The Bertz CT molecular complexity index is 605. The number of rotatable bonds is 4. The number of carbonyl (C=O) groups excluding carboxylic acids is 1. The van der Waals surface area contributed by atoms with Gasteiger partial charge in [-0.15, -0.1) is 0 Å². The predicted octanol–water partition coefficient (Wildman–Crippen LogP) is 3.27. The van der Waals surface area contributed by atoms with Crippen molar-refractivity contribution in [3.05, 3.63) is 53.6 Å². The second-order valence-corrected chi connectivity index (χ2v) is 4.41. The number of phenolic OH excluding ortho intramolecular Hbond substituents is 2. The van der Waals surface area contributed by atoms with Gasteiger partial charge in [-0.25, -0.2) is 4.79 Å². The average Bonchev–Trinajstić information content (AvgIpc) is 2.45. The highest BCUT2D eigenvalue weighted by molar-refractivity contribution is 5.93. The van der Waals surface area contributed by atoms with Gasteiger partial charge in [0, 0.05) is 5.56 Å². The minimum atomic E-state index is -0.546. The molecule has 2 aromatic carbocycles. The van der Waals surface area contributed by atoms with E-state index in [1.165, 1.54) is 12.1 Å². The van der Waals surface area contributed by atoms with Crippen molar-refractivity contribution in [1.29, 1.82) is 0 Å². The average molecular weight is 272 g/mol. The Kier molecular flexibility index (Phi) is 4.25. The summed E-state index contributed by atoms with van der Waals surface area (Å²) in [4.78, 5) is 12.2. The van der Waals surface area contributed by atoms with Crippen molar-refractivity contribution in [3.8, 4) is 17.2 Å². The first-order chi connectivity index (χ1) is 9.63. The summed E-state index contributed by atoms with van der Waals surface area (Å²) in [5.74, 6) is -0.596. The second kappa shape index (κ2) is 6.10. The van der Waals surface area contributed by atoms with Gasteiger partial charge < -0.3 is 14.9 Å². The van der Waals surface area contributed by atoms with Crippen molar-refractivity contribution >= 4 is 5.97 Å². The highest BCUT2D eigenvalue weighted by Crippen LogP contribution is 2.32. The van der Waals surface area contributed by atoms with E-state index in [-0.39, 0.29) is 17.1 Å². The highest BCUT2D eigenvalue weighted by atomic mass is 16.5. The molecule has 0 spiro atoms. The van der Waals surface area contributed by atoms with Crippen LogP contribution in [0.5, 0.6) is 17.2 Å². The molecule has 2 N–H and O–H groups in total. The molecule has 0 aliphatic carbocycles. The van der Waals surface area contributed by atoms with Crippen molar-refractivity contribution in [2.75, 3.05) is 0 Å². The zero-order valence-electron chi connectivity index (χ0n) is 11.2. The Morgan fingerprint density at radius 2 is 1.80 bits per heavy atom. The third-order valence-electron chi connectivity index (χ3n) is 2.94. The van der Waals surface area contributed by atoms with Gasteiger partial charge >= 0.3 is 5.97 Å². The monoisotopic (exact) mass is 272 g/mol. The molecule has 0 aromatic heterocycles. The first-order valence-corrected chi connectivity index (χ1v) is 6.44. The molecule has 0 fully saturated rings. The highest BCUT2D eigenvalue weighted by Gasteiger charge is 2.18. The second-order valence-electron chi connectivity index (χ2n) is 4.41. The topological polar surface area (TPSA) is 66.8 Å². The van der Waals surface area contributed by atoms with Gasteiger partial charge in [-0.05, 0) is 30.7 Å². The lowest BCUT2D eigenvalue weighted by molar-refractivity contribution is 0.0733. The fraction of sp³-hybridized carbons (Fsp3) is 0.188. The van der Waals surface area contributed by atoms with Gasteiger partial charge in [0.1, 0.15) is 5.75 Å². The molecule has 0 atom stereocenters. The molecule has 0 saturated carbocycles. The van der Waals surface area contributed by atoms with Gasteiger partial charge in [-0.2, -0.15) is 0 Å². The van der Waals surface area contributed by atoms with Gasteiger partial charge in [0.05, 0.1) is 5.56 Å². The maximum Gasteiger partial charge on any atom is 0.343 e. The van der Waals surface area contributed by atoms with E-state index in [1.54, 1.807) is 24.3 Å². The lowest BCUT2D eigenvalue weighted by Gasteiger charge is -2.11. The van der Waals surface area contributed by atoms with Crippen molar-refractivity contribution in [2.45, 2.75) is 19.8 Å². The van der Waals surface area contributed by atoms with E-state index in [2.05, 4.69) is 0 Å². The van der Waals surface area contributed by atoms with Crippen LogP contribution in [0.25, 0.3) is 0 Å². The van der Waals surface area contributed by atoms with Crippen molar-refractivity contribution in [1.82, 2.24) is 0 Å². The predicted molar refractivity (Wildman–Crippen MR) is 75.2 cm³/mol. The molecular weight excluding hydrogens is 256 g/mol. The van der Waals surface area contributed by atoms with Crippen LogP contribution in [0.3, 0.4) is 0 Å². The number of benzene rings is 2. The van der Waals surface area contributed by atoms with Crippen LogP contribution in [0.2, 0.25) is 0 Å². The van der Waals surface area contributed by atoms with Crippen LogP contribution in [-0.4, -0.2) is 16.2 Å². The summed E-state index contributed by atoms with van der Waals surface area (Å²) in [6, 6.07) is 11.5. The number of phenols is 2. The third kappa shape index (κ3) is 2.91. The van der Waals surface area contributed by atoms with Crippen LogP contribution in [-0.2, 0) is 6.42 Å². The number of carbonyl (C=O) groups is 1. The van der Waals surface area contributed by atoms with Gasteiger partial charge in [-0.3, -0.25) is 0 Å². The molecule has 20 heavy (non-hydrogen) atoms. The molecule has 0 amide bonds. The Hall–Kier alpha value is -2.49. The van der Waals surface area contributed by atoms with Crippen molar-refractivity contribution in [3.63, 3.8) is 0 Å². The molecule has 0 radical (unpaired) electrons. The first kappa shape index (κ1) is 13.9. The molecule has 2 rings (SSSR count). The van der Waals surface area contributed by atoms with Crippen LogP contribution in [0.1, 0.15) is 29.3 Å². The fourth-order valence-electron chi connectivity index (χ4n) is 1.97. The molecule has 0 bridgehead atoms. The molecule has 0 heterocycles. The third-order valence-corrected chi connectivity index (χ3v) is 2.94. The van der Waals surface area contributed by atoms with E-state index < -0.39 is 5.97 Å². The van der Waals surface area contributed by atoms with Crippen LogP contribution in [0, 0.1) is 0 Å². The number of esters is 1. The van der Waals surface area contributed by atoms with Gasteiger partial charge in [0.25, 0.3) is 0 Å². The molecule has 0 unspecified atom stereocenters. The summed E-state index contributed by atoms with van der Waals surface area (Å²) in [6.45, 7) is 1.93. The lowest BCUT2D eigenvalue weighted by atomic mass is 10.0. The molecule has 2 aromatic rings. The number of hydrogen-bond donors (Lipinski definition) is 2. The Morgan fingerprint density at radius 3 is 2.45 bits per heavy atom. The normalized spacial score (nSPS) is 10.2. The summed E-state index contributed by atoms with van der Waals surface area (Å²) in [5, 5.41) is 19.4. The van der Waals surface area contributed by atoms with Crippen LogP contribution in [0.4, 0.5) is 0 Å². The van der Waals surface area contributed by atoms with Gasteiger partial charge in [0.15, 0.2) is 11.5 Å². The van der Waals surface area contributed by atoms with Crippen LogP contribution < -0.4 is 4.74 Å². The molecule has 4 nitrogen and oxygen atoms in total. The summed E-state index contributed by atoms with van der Waals surface area (Å²) >= 11 is 0. The smallest absolute Gasteiger partial charge is 0.343 e. The summed E-state index contributed by atoms with van der Waals surface area (Å²) in [7, 11) is 0. The van der Waals surface area contributed by atoms with Crippen molar-refractivity contribution < 1.29 is 19.7 Å². The number of hydrogen-bond acceptors (Lipinski definition) is 4. The molecular formula is C16H16O4. The first-order valence-electron chi connectivity index (χ1n) is 6.44. The zero-order chi connectivity index (χ0) is 14.5. The largest absolute Gasteiger partial charge is 0.504 e. The SMILES string of the molecule is CCCc1c(C(=O)Oc2ccccc2)ccc(O)c1O. The molecule has 0 aliphatic heterocycles. The zero-order valence-corrected chi connectivity index (χ0v) is 11.2. The Balaban J connectivity index is 2.32. The molecule has 4 heteroatoms. The lowest BCUT2D eigenvalue weighted by Crippen LogP contribution is -2.11. The van der Waals surface area contributed by atoms with E-state index in [4.69, 9.17) is 4.74 Å². The minimum Gasteiger partial charge on any atom is -0.504 e. The van der Waals surface area contributed by atoms with Crippen LogP contribution in [0.15, 0.2) is 42.5 Å². The summed E-state index contributed by atoms with van der Waals surface area (Å²) in [6.07, 6.45) is 1.22. The molecule has 0 saturated heterocycles. The Morgan fingerprint density at radius 1 is 1.10 bits per heavy atom. The maximum absolute atomic E-state index is 12.2. The van der Waals surface area contributed by atoms with Crippen LogP contribution >= 0.6 is 0 Å². The maximum atomic E-state index is 12.2. The minimum absolute atomic E-state index is 0.232. The number of ether oxygens (including phenoxy) is 1. The number of para-hydroxylation sites is 1. The van der Waals surface area contributed by atoms with E-state index >= 15 is 0 Å². The fourth-order valence-corrected chi connectivity index (χ4v) is 1.97. The summed E-state index contributed by atoms with van der Waals surface area (Å²) in [5.41, 5.74) is 0.680. The van der Waals surface area contributed by atoms with Crippen molar-refractivity contribution in [2.24, 2.45) is 0 Å². The van der Waals surface area contributed by atoms with E-state index in [0.717, 1.165) is 6.42 Å². The van der Waals surface area contributed by atoms with E-state index in [9.17, 15) is 15.0 Å². The Labute approximate surface area is 117 Å². The quantitative estimate of drug-likeness (QED) is 0.509. The van der Waals surface area contributed by atoms with E-state index in [0.29, 0.717) is 17.7 Å². The van der Waals surface area contributed by atoms with Gasteiger partial charge in [0.2, 0.25) is 0 Å². The molecule has 104 valence electrons. The standard InChI is InChI=1S/C16H16O4/c1-2-6-12-13(9-10-14(17)15(12)18)16(19)20-11-7-4-3-5-8-11/h3-5,7-10,17-18H,2,6H2,1H3. The number of aromatic hydroxyl groups is 2.